The summed E-state index contributed by atoms with van der Waals surface area (Å²) in [6, 6.07) is 4.82. The molecular weight excluding hydrogens is 222 g/mol. The molecular formula is C11H13N3O3. The van der Waals surface area contributed by atoms with Crippen LogP contribution in [0.1, 0.15) is 0 Å². The van der Waals surface area contributed by atoms with Crippen molar-refractivity contribution in [1.82, 2.24) is 10.1 Å². The van der Waals surface area contributed by atoms with Gasteiger partial charge in [0, 0.05) is 14.1 Å². The molecule has 0 aliphatic rings. The number of hydrogen-bond acceptors (Lipinski definition) is 6. The van der Waals surface area contributed by atoms with Crippen LogP contribution in [0.5, 0.6) is 11.5 Å². The van der Waals surface area contributed by atoms with Crippen molar-refractivity contribution in [2.24, 2.45) is 0 Å². The summed E-state index contributed by atoms with van der Waals surface area (Å²) in [7, 11) is 5.16. The predicted molar refractivity (Wildman–Crippen MR) is 62.3 cm³/mol. The quantitative estimate of drug-likeness (QED) is 0.869. The van der Waals surface area contributed by atoms with Crippen molar-refractivity contribution in [1.29, 1.82) is 0 Å². The number of benzene rings is 1. The molecule has 0 spiro atoms. The number of methoxy groups -OCH3 is 1. The van der Waals surface area contributed by atoms with Gasteiger partial charge < -0.3 is 19.3 Å². The van der Waals surface area contributed by atoms with E-state index in [0.29, 0.717) is 17.3 Å². The van der Waals surface area contributed by atoms with Crippen LogP contribution in [-0.2, 0) is 0 Å². The zero-order valence-corrected chi connectivity index (χ0v) is 9.84. The van der Waals surface area contributed by atoms with Crippen LogP contribution in [-0.4, -0.2) is 36.5 Å². The molecule has 0 amide bonds. The minimum absolute atomic E-state index is 0.0692. The molecule has 1 heterocycles. The molecule has 0 bridgehead atoms. The summed E-state index contributed by atoms with van der Waals surface area (Å²) < 4.78 is 10.1. The zero-order valence-electron chi connectivity index (χ0n) is 9.84. The standard InChI is InChI=1S/C11H13N3O3/c1-14(2)11-12-10(17-13-11)8-6-7(16-3)4-5-9(8)15/h4-6,15H,1-3H3. The number of anilines is 1. The number of hydrogen-bond donors (Lipinski definition) is 1. The fraction of sp³-hybridized carbons (Fsp3) is 0.273. The van der Waals surface area contributed by atoms with E-state index in [1.165, 1.54) is 6.07 Å². The number of nitrogens with zero attached hydrogens (tertiary/aromatic N) is 3. The molecule has 2 aromatic rings. The van der Waals surface area contributed by atoms with Gasteiger partial charge in [-0.3, -0.25) is 0 Å². The Bertz CT molecular complexity index is 522. The smallest absolute Gasteiger partial charge is 0.265 e. The lowest BCUT2D eigenvalue weighted by Gasteiger charge is -2.04. The van der Waals surface area contributed by atoms with Crippen molar-refractivity contribution in [3.8, 4) is 23.0 Å². The highest BCUT2D eigenvalue weighted by Crippen LogP contribution is 2.32. The molecule has 6 heteroatoms. The van der Waals surface area contributed by atoms with Crippen LogP contribution in [0.4, 0.5) is 5.95 Å². The van der Waals surface area contributed by atoms with Crippen molar-refractivity contribution in [2.75, 3.05) is 26.1 Å². The largest absolute Gasteiger partial charge is 0.507 e. The van der Waals surface area contributed by atoms with Crippen LogP contribution in [0.25, 0.3) is 11.5 Å². The Balaban J connectivity index is 2.44. The molecule has 0 fully saturated rings. The van der Waals surface area contributed by atoms with E-state index in [0.717, 1.165) is 0 Å². The van der Waals surface area contributed by atoms with E-state index < -0.39 is 0 Å². The van der Waals surface area contributed by atoms with E-state index in [1.807, 2.05) is 0 Å². The third-order valence-corrected chi connectivity index (χ3v) is 2.25. The van der Waals surface area contributed by atoms with E-state index in [2.05, 4.69) is 10.1 Å². The number of phenolic OH excluding ortho intramolecular Hbond substituents is 1. The lowest BCUT2D eigenvalue weighted by atomic mass is 10.2. The Kier molecular flexibility index (Phi) is 2.86. The predicted octanol–water partition coefficient (Wildman–Crippen LogP) is 1.52. The van der Waals surface area contributed by atoms with Crippen molar-refractivity contribution in [3.63, 3.8) is 0 Å². The number of aromatic nitrogens is 2. The summed E-state index contributed by atoms with van der Waals surface area (Å²) in [5.74, 6) is 1.38. The fourth-order valence-corrected chi connectivity index (χ4v) is 1.32. The first-order valence-electron chi connectivity index (χ1n) is 5.00. The first-order chi connectivity index (χ1) is 8.11. The summed E-state index contributed by atoms with van der Waals surface area (Å²) in [6.45, 7) is 0. The van der Waals surface area contributed by atoms with Crippen molar-refractivity contribution in [3.05, 3.63) is 18.2 Å². The van der Waals surface area contributed by atoms with E-state index in [4.69, 9.17) is 9.26 Å². The molecule has 17 heavy (non-hydrogen) atoms. The van der Waals surface area contributed by atoms with Crippen LogP contribution >= 0.6 is 0 Å². The van der Waals surface area contributed by atoms with Crippen molar-refractivity contribution in [2.45, 2.75) is 0 Å². The second-order valence-corrected chi connectivity index (χ2v) is 3.68. The molecule has 0 aliphatic carbocycles. The minimum Gasteiger partial charge on any atom is -0.507 e. The number of rotatable bonds is 3. The number of ether oxygens (including phenoxy) is 1. The van der Waals surface area contributed by atoms with E-state index in [-0.39, 0.29) is 11.6 Å². The lowest BCUT2D eigenvalue weighted by molar-refractivity contribution is 0.408. The molecule has 0 unspecified atom stereocenters. The van der Waals surface area contributed by atoms with Gasteiger partial charge in [0.05, 0.1) is 12.7 Å². The Labute approximate surface area is 98.4 Å². The Morgan fingerprint density at radius 3 is 2.71 bits per heavy atom. The number of phenols is 1. The second kappa shape index (κ2) is 4.32. The molecule has 0 radical (unpaired) electrons. The molecule has 0 atom stereocenters. The van der Waals surface area contributed by atoms with Crippen LogP contribution in [0.15, 0.2) is 22.7 Å². The summed E-state index contributed by atoms with van der Waals surface area (Å²) >= 11 is 0. The highest BCUT2D eigenvalue weighted by atomic mass is 16.5. The fourth-order valence-electron chi connectivity index (χ4n) is 1.32. The Morgan fingerprint density at radius 2 is 2.12 bits per heavy atom. The second-order valence-electron chi connectivity index (χ2n) is 3.68. The van der Waals surface area contributed by atoms with Crippen LogP contribution in [0, 0.1) is 0 Å². The molecule has 1 aromatic heterocycles. The highest BCUT2D eigenvalue weighted by molar-refractivity contribution is 5.65. The SMILES string of the molecule is COc1ccc(O)c(-c2nc(N(C)C)no2)c1. The Morgan fingerprint density at radius 1 is 1.35 bits per heavy atom. The van der Waals surface area contributed by atoms with E-state index in [1.54, 1.807) is 38.2 Å². The third-order valence-electron chi connectivity index (χ3n) is 2.25. The van der Waals surface area contributed by atoms with Crippen LogP contribution < -0.4 is 9.64 Å². The summed E-state index contributed by atoms with van der Waals surface area (Å²) in [4.78, 5) is 5.86. The van der Waals surface area contributed by atoms with Gasteiger partial charge in [-0.15, -0.1) is 0 Å². The average molecular weight is 235 g/mol. The molecule has 1 aromatic carbocycles. The van der Waals surface area contributed by atoms with E-state index in [9.17, 15) is 5.11 Å². The summed E-state index contributed by atoms with van der Waals surface area (Å²) in [5, 5.41) is 13.5. The highest BCUT2D eigenvalue weighted by Gasteiger charge is 2.14. The third kappa shape index (κ3) is 2.15. The van der Waals surface area contributed by atoms with Gasteiger partial charge in [0.25, 0.3) is 11.8 Å². The van der Waals surface area contributed by atoms with Crippen LogP contribution in [0.2, 0.25) is 0 Å². The van der Waals surface area contributed by atoms with Gasteiger partial charge in [-0.05, 0) is 23.4 Å². The maximum Gasteiger partial charge on any atom is 0.265 e. The minimum atomic E-state index is 0.0692. The molecule has 0 saturated heterocycles. The van der Waals surface area contributed by atoms with Gasteiger partial charge in [0.2, 0.25) is 0 Å². The van der Waals surface area contributed by atoms with Crippen LogP contribution in [0.3, 0.4) is 0 Å². The van der Waals surface area contributed by atoms with Gasteiger partial charge >= 0.3 is 0 Å². The van der Waals surface area contributed by atoms with Gasteiger partial charge in [0.15, 0.2) is 0 Å². The monoisotopic (exact) mass is 235 g/mol. The van der Waals surface area contributed by atoms with Gasteiger partial charge in [-0.25, -0.2) is 0 Å². The van der Waals surface area contributed by atoms with Crippen molar-refractivity contribution >= 4 is 5.95 Å². The topological polar surface area (TPSA) is 71.6 Å². The molecule has 0 aliphatic heterocycles. The Hall–Kier alpha value is -2.24. The molecule has 2 rings (SSSR count). The van der Waals surface area contributed by atoms with Gasteiger partial charge in [-0.1, -0.05) is 0 Å². The van der Waals surface area contributed by atoms with Gasteiger partial charge in [-0.2, -0.15) is 4.98 Å². The first-order valence-corrected chi connectivity index (χ1v) is 5.00. The van der Waals surface area contributed by atoms with Gasteiger partial charge in [0.1, 0.15) is 11.5 Å². The zero-order chi connectivity index (χ0) is 12.4. The molecule has 0 saturated carbocycles. The first kappa shape index (κ1) is 11.3. The molecule has 6 nitrogen and oxygen atoms in total. The summed E-state index contributed by atoms with van der Waals surface area (Å²) in [6.07, 6.45) is 0. The maximum absolute atomic E-state index is 9.73. The molecule has 1 N–H and O–H groups in total. The van der Waals surface area contributed by atoms with Crippen molar-refractivity contribution < 1.29 is 14.4 Å². The normalized spacial score (nSPS) is 10.3. The number of aromatic hydroxyl groups is 1. The average Bonchev–Trinajstić information content (AvgIpc) is 2.79. The molecule has 90 valence electrons. The van der Waals surface area contributed by atoms with E-state index >= 15 is 0 Å². The lowest BCUT2D eigenvalue weighted by Crippen LogP contribution is -2.10. The summed E-state index contributed by atoms with van der Waals surface area (Å²) in [5.41, 5.74) is 0.449. The maximum atomic E-state index is 9.73.